The first-order valence-corrected chi connectivity index (χ1v) is 7.86. The number of carbonyl (C=O) groups is 2. The van der Waals surface area contributed by atoms with Gasteiger partial charge in [0.15, 0.2) is 0 Å². The van der Waals surface area contributed by atoms with Crippen molar-refractivity contribution < 1.29 is 9.59 Å². The van der Waals surface area contributed by atoms with Gasteiger partial charge >= 0.3 is 0 Å². The van der Waals surface area contributed by atoms with Crippen molar-refractivity contribution in [2.45, 2.75) is 6.54 Å². The summed E-state index contributed by atoms with van der Waals surface area (Å²) in [5.74, 6) is -0.353. The molecule has 5 heteroatoms. The van der Waals surface area contributed by atoms with Gasteiger partial charge in [0, 0.05) is 35.8 Å². The van der Waals surface area contributed by atoms with Gasteiger partial charge in [-0.15, -0.1) is 0 Å². The maximum Gasteiger partial charge on any atom is 0.255 e. The molecule has 2 N–H and O–H groups in total. The summed E-state index contributed by atoms with van der Waals surface area (Å²) in [4.78, 5) is 28.2. The first-order chi connectivity index (χ1) is 12.2. The van der Waals surface area contributed by atoms with Gasteiger partial charge in [-0.05, 0) is 54.1 Å². The molecule has 0 spiro atoms. The molecule has 2 amide bonds. The Kier molecular flexibility index (Phi) is 5.16. The van der Waals surface area contributed by atoms with E-state index in [0.29, 0.717) is 23.4 Å². The highest BCUT2D eigenvalue weighted by molar-refractivity contribution is 6.04. The average Bonchev–Trinajstić information content (AvgIpc) is 2.68. The number of amides is 2. The van der Waals surface area contributed by atoms with E-state index in [4.69, 9.17) is 0 Å². The van der Waals surface area contributed by atoms with Crippen molar-refractivity contribution in [1.82, 2.24) is 10.3 Å². The zero-order valence-corrected chi connectivity index (χ0v) is 13.5. The van der Waals surface area contributed by atoms with E-state index in [0.717, 1.165) is 5.56 Å². The Morgan fingerprint density at radius 3 is 2.08 bits per heavy atom. The number of hydrogen-bond acceptors (Lipinski definition) is 3. The van der Waals surface area contributed by atoms with Crippen LogP contribution < -0.4 is 10.6 Å². The normalized spacial score (nSPS) is 10.1. The molecule has 1 heterocycles. The first kappa shape index (κ1) is 16.4. The lowest BCUT2D eigenvalue weighted by Crippen LogP contribution is -2.22. The lowest BCUT2D eigenvalue weighted by atomic mass is 10.1. The monoisotopic (exact) mass is 331 g/mol. The largest absolute Gasteiger partial charge is 0.348 e. The second-order valence-electron chi connectivity index (χ2n) is 5.44. The van der Waals surface area contributed by atoms with Crippen LogP contribution in [0.15, 0.2) is 79.1 Å². The molecule has 25 heavy (non-hydrogen) atoms. The maximum absolute atomic E-state index is 12.2. The predicted molar refractivity (Wildman–Crippen MR) is 96.2 cm³/mol. The molecule has 0 atom stereocenters. The average molecular weight is 331 g/mol. The van der Waals surface area contributed by atoms with Gasteiger partial charge in [-0.25, -0.2) is 0 Å². The number of hydrogen-bond donors (Lipinski definition) is 2. The third-order valence-corrected chi connectivity index (χ3v) is 3.64. The Bertz CT molecular complexity index is 847. The standard InChI is InChI=1S/C20H17N3O2/c24-19(22-14-15-10-12-21-13-11-15)17-6-8-18(9-7-17)23-20(25)16-4-2-1-3-5-16/h1-13H,14H2,(H,22,24)(H,23,25). The van der Waals surface area contributed by atoms with Crippen LogP contribution in [-0.2, 0) is 6.54 Å². The second kappa shape index (κ2) is 7.88. The number of carbonyl (C=O) groups excluding carboxylic acids is 2. The van der Waals surface area contributed by atoms with Gasteiger partial charge in [-0.1, -0.05) is 18.2 Å². The van der Waals surface area contributed by atoms with E-state index in [1.807, 2.05) is 30.3 Å². The summed E-state index contributed by atoms with van der Waals surface area (Å²) in [6, 6.07) is 19.5. The van der Waals surface area contributed by atoms with E-state index >= 15 is 0 Å². The van der Waals surface area contributed by atoms with E-state index < -0.39 is 0 Å². The van der Waals surface area contributed by atoms with Crippen LogP contribution in [-0.4, -0.2) is 16.8 Å². The van der Waals surface area contributed by atoms with Crippen molar-refractivity contribution in [2.75, 3.05) is 5.32 Å². The molecule has 2 aromatic carbocycles. The smallest absolute Gasteiger partial charge is 0.255 e. The summed E-state index contributed by atoms with van der Waals surface area (Å²) >= 11 is 0. The molecule has 0 aliphatic heterocycles. The lowest BCUT2D eigenvalue weighted by Gasteiger charge is -2.08. The molecule has 3 rings (SSSR count). The van der Waals surface area contributed by atoms with Crippen LogP contribution in [0.3, 0.4) is 0 Å². The lowest BCUT2D eigenvalue weighted by molar-refractivity contribution is 0.0950. The Balaban J connectivity index is 1.58. The predicted octanol–water partition coefficient (Wildman–Crippen LogP) is 3.26. The third-order valence-electron chi connectivity index (χ3n) is 3.64. The Labute approximate surface area is 145 Å². The Hall–Kier alpha value is -3.47. The van der Waals surface area contributed by atoms with Gasteiger partial charge in [-0.3, -0.25) is 14.6 Å². The SMILES string of the molecule is O=C(NCc1ccncc1)c1ccc(NC(=O)c2ccccc2)cc1. The van der Waals surface area contributed by atoms with Crippen LogP contribution in [0, 0.1) is 0 Å². The number of nitrogens with one attached hydrogen (secondary N) is 2. The van der Waals surface area contributed by atoms with Gasteiger partial charge in [0.2, 0.25) is 0 Å². The molecule has 0 saturated heterocycles. The summed E-state index contributed by atoms with van der Waals surface area (Å²) in [7, 11) is 0. The number of nitrogens with zero attached hydrogens (tertiary/aromatic N) is 1. The molecular weight excluding hydrogens is 314 g/mol. The molecule has 0 fully saturated rings. The van der Waals surface area contributed by atoms with Crippen LogP contribution in [0.4, 0.5) is 5.69 Å². The summed E-state index contributed by atoms with van der Waals surface area (Å²) in [5.41, 5.74) is 2.74. The minimum Gasteiger partial charge on any atom is -0.348 e. The van der Waals surface area contributed by atoms with Crippen molar-refractivity contribution in [1.29, 1.82) is 0 Å². The molecule has 1 aromatic heterocycles. The molecule has 0 bridgehead atoms. The molecule has 3 aromatic rings. The number of aromatic nitrogens is 1. The minimum absolute atomic E-state index is 0.169. The molecule has 0 aliphatic carbocycles. The van der Waals surface area contributed by atoms with E-state index in [1.54, 1.807) is 48.8 Å². The fraction of sp³-hybridized carbons (Fsp3) is 0.0500. The zero-order chi connectivity index (χ0) is 17.5. The number of rotatable bonds is 5. The molecule has 0 aliphatic rings. The molecule has 124 valence electrons. The summed E-state index contributed by atoms with van der Waals surface area (Å²) in [6.07, 6.45) is 3.37. The van der Waals surface area contributed by atoms with E-state index in [1.165, 1.54) is 0 Å². The van der Waals surface area contributed by atoms with Crippen LogP contribution >= 0.6 is 0 Å². The molecule has 0 radical (unpaired) electrons. The second-order valence-corrected chi connectivity index (χ2v) is 5.44. The first-order valence-electron chi connectivity index (χ1n) is 7.86. The summed E-state index contributed by atoms with van der Waals surface area (Å²) < 4.78 is 0. The van der Waals surface area contributed by atoms with Gasteiger partial charge in [0.05, 0.1) is 0 Å². The van der Waals surface area contributed by atoms with Gasteiger partial charge in [0.1, 0.15) is 0 Å². The highest BCUT2D eigenvalue weighted by Gasteiger charge is 2.08. The van der Waals surface area contributed by atoms with Crippen molar-refractivity contribution in [3.05, 3.63) is 95.8 Å². The Morgan fingerprint density at radius 1 is 0.760 bits per heavy atom. The Morgan fingerprint density at radius 2 is 1.40 bits per heavy atom. The van der Waals surface area contributed by atoms with Crippen molar-refractivity contribution in [3.63, 3.8) is 0 Å². The maximum atomic E-state index is 12.2. The van der Waals surface area contributed by atoms with E-state index in [2.05, 4.69) is 15.6 Å². The van der Waals surface area contributed by atoms with E-state index in [-0.39, 0.29) is 11.8 Å². The fourth-order valence-electron chi connectivity index (χ4n) is 2.28. The molecule has 0 saturated carbocycles. The van der Waals surface area contributed by atoms with Crippen molar-refractivity contribution in [3.8, 4) is 0 Å². The highest BCUT2D eigenvalue weighted by Crippen LogP contribution is 2.12. The van der Waals surface area contributed by atoms with Gasteiger partial charge in [-0.2, -0.15) is 0 Å². The summed E-state index contributed by atoms with van der Waals surface area (Å²) in [5, 5.41) is 5.65. The van der Waals surface area contributed by atoms with E-state index in [9.17, 15) is 9.59 Å². The molecular formula is C20H17N3O2. The molecule has 0 unspecified atom stereocenters. The van der Waals surface area contributed by atoms with Gasteiger partial charge in [0.25, 0.3) is 11.8 Å². The molecule has 5 nitrogen and oxygen atoms in total. The minimum atomic E-state index is -0.185. The third kappa shape index (κ3) is 4.51. The van der Waals surface area contributed by atoms with Crippen LogP contribution in [0.2, 0.25) is 0 Å². The van der Waals surface area contributed by atoms with Crippen LogP contribution in [0.5, 0.6) is 0 Å². The number of pyridine rings is 1. The van der Waals surface area contributed by atoms with Crippen molar-refractivity contribution in [2.24, 2.45) is 0 Å². The zero-order valence-electron chi connectivity index (χ0n) is 13.5. The van der Waals surface area contributed by atoms with Crippen molar-refractivity contribution >= 4 is 17.5 Å². The quantitative estimate of drug-likeness (QED) is 0.754. The number of anilines is 1. The van der Waals surface area contributed by atoms with Crippen LogP contribution in [0.1, 0.15) is 26.3 Å². The fourth-order valence-corrected chi connectivity index (χ4v) is 2.28. The number of benzene rings is 2. The van der Waals surface area contributed by atoms with Crippen LogP contribution in [0.25, 0.3) is 0 Å². The van der Waals surface area contributed by atoms with Gasteiger partial charge < -0.3 is 10.6 Å². The highest BCUT2D eigenvalue weighted by atomic mass is 16.2. The topological polar surface area (TPSA) is 71.1 Å². The summed E-state index contributed by atoms with van der Waals surface area (Å²) in [6.45, 7) is 0.438.